The summed E-state index contributed by atoms with van der Waals surface area (Å²) in [7, 11) is -3.74. The molecular weight excluding hydrogens is 376 g/mol. The molecule has 2 aliphatic heterocycles. The maximum Gasteiger partial charge on any atom is 0.290 e. The van der Waals surface area contributed by atoms with Crippen LogP contribution in [0.3, 0.4) is 0 Å². The van der Waals surface area contributed by atoms with Gasteiger partial charge in [-0.3, -0.25) is 4.79 Å². The second-order valence-electron chi connectivity index (χ2n) is 6.35. The molecule has 7 nitrogen and oxygen atoms in total. The van der Waals surface area contributed by atoms with E-state index in [1.165, 1.54) is 16.4 Å². The quantitative estimate of drug-likeness (QED) is 0.792. The number of amides is 1. The second-order valence-corrected chi connectivity index (χ2v) is 9.00. The van der Waals surface area contributed by atoms with E-state index in [1.807, 2.05) is 16.8 Å². The number of hydrogen-bond acceptors (Lipinski definition) is 6. The van der Waals surface area contributed by atoms with Crippen LogP contribution in [0, 0.1) is 0 Å². The third-order valence-corrected chi connectivity index (χ3v) is 7.27. The molecule has 2 saturated heterocycles. The minimum atomic E-state index is -3.74. The van der Waals surface area contributed by atoms with Crippen molar-refractivity contribution in [1.82, 2.24) is 9.21 Å². The Morgan fingerprint density at radius 1 is 1.15 bits per heavy atom. The lowest BCUT2D eigenvalue weighted by Gasteiger charge is -2.25. The molecule has 0 aromatic carbocycles. The molecule has 0 bridgehead atoms. The lowest BCUT2D eigenvalue weighted by molar-refractivity contribution is 0.0688. The number of morpholine rings is 1. The number of ether oxygens (including phenoxy) is 1. The van der Waals surface area contributed by atoms with Crippen molar-refractivity contribution in [3.8, 4) is 0 Å². The summed E-state index contributed by atoms with van der Waals surface area (Å²) in [5, 5.41) is 3.86. The van der Waals surface area contributed by atoms with Crippen LogP contribution in [0.15, 0.2) is 38.5 Å². The minimum Gasteiger partial charge on any atom is -0.438 e. The van der Waals surface area contributed by atoms with Gasteiger partial charge in [-0.2, -0.15) is 15.6 Å². The second kappa shape index (κ2) is 7.15. The Morgan fingerprint density at radius 3 is 2.69 bits per heavy atom. The summed E-state index contributed by atoms with van der Waals surface area (Å²) < 4.78 is 37.3. The zero-order valence-corrected chi connectivity index (χ0v) is 15.8. The summed E-state index contributed by atoms with van der Waals surface area (Å²) in [6.07, 6.45) is 1.83. The van der Waals surface area contributed by atoms with Gasteiger partial charge in [-0.1, -0.05) is 0 Å². The number of likely N-dealkylation sites (tertiary alicyclic amines) is 1. The van der Waals surface area contributed by atoms with Crippen molar-refractivity contribution in [1.29, 1.82) is 0 Å². The summed E-state index contributed by atoms with van der Waals surface area (Å²) in [5.41, 5.74) is 1.12. The molecule has 2 aromatic heterocycles. The van der Waals surface area contributed by atoms with Gasteiger partial charge in [-0.15, -0.1) is 0 Å². The first-order valence-corrected chi connectivity index (χ1v) is 11.0. The topological polar surface area (TPSA) is 80.1 Å². The average Bonchev–Trinajstić information content (AvgIpc) is 3.42. The Morgan fingerprint density at radius 2 is 1.96 bits per heavy atom. The van der Waals surface area contributed by atoms with Gasteiger partial charge in [0, 0.05) is 19.6 Å². The van der Waals surface area contributed by atoms with Crippen molar-refractivity contribution in [2.75, 3.05) is 32.8 Å². The summed E-state index contributed by atoms with van der Waals surface area (Å²) in [6, 6.07) is 4.88. The molecule has 2 fully saturated rings. The van der Waals surface area contributed by atoms with Gasteiger partial charge in [0.25, 0.3) is 15.9 Å². The number of carbonyl (C=O) groups is 1. The number of nitrogens with zero attached hydrogens (tertiary/aromatic N) is 2. The lowest BCUT2D eigenvalue weighted by atomic mass is 10.1. The number of rotatable bonds is 4. The van der Waals surface area contributed by atoms with Gasteiger partial charge >= 0.3 is 0 Å². The molecule has 0 unspecified atom stereocenters. The predicted octanol–water partition coefficient (Wildman–Crippen LogP) is 2.34. The molecule has 1 atom stereocenters. The summed E-state index contributed by atoms with van der Waals surface area (Å²) >= 11 is 1.60. The molecule has 4 rings (SSSR count). The first kappa shape index (κ1) is 17.7. The SMILES string of the molecule is O=C(c1ccc(S(=O)(=O)N2CCOCC2)o1)N1CCC[C@H]1c1ccsc1. The molecule has 140 valence electrons. The van der Waals surface area contributed by atoms with Crippen molar-refractivity contribution >= 4 is 27.3 Å². The molecule has 0 N–H and O–H groups in total. The summed E-state index contributed by atoms with van der Waals surface area (Å²) in [5.74, 6) is -0.193. The van der Waals surface area contributed by atoms with Gasteiger partial charge in [0.05, 0.1) is 19.3 Å². The van der Waals surface area contributed by atoms with E-state index in [2.05, 4.69) is 0 Å². The van der Waals surface area contributed by atoms with Gasteiger partial charge in [0.1, 0.15) is 0 Å². The van der Waals surface area contributed by atoms with E-state index in [4.69, 9.17) is 9.15 Å². The van der Waals surface area contributed by atoms with E-state index in [0.717, 1.165) is 18.4 Å². The molecule has 1 amide bonds. The highest BCUT2D eigenvalue weighted by atomic mass is 32.2. The van der Waals surface area contributed by atoms with Crippen LogP contribution < -0.4 is 0 Å². The highest BCUT2D eigenvalue weighted by Crippen LogP contribution is 2.34. The van der Waals surface area contributed by atoms with E-state index in [-0.39, 0.29) is 22.8 Å². The van der Waals surface area contributed by atoms with Crippen molar-refractivity contribution in [2.45, 2.75) is 24.0 Å². The third kappa shape index (κ3) is 3.20. The molecular formula is C17H20N2O5S2. The van der Waals surface area contributed by atoms with Crippen molar-refractivity contribution < 1.29 is 22.4 Å². The Balaban J connectivity index is 1.55. The maximum absolute atomic E-state index is 12.9. The number of thiophene rings is 1. The van der Waals surface area contributed by atoms with Crippen LogP contribution in [0.1, 0.15) is 35.0 Å². The zero-order chi connectivity index (χ0) is 18.1. The standard InChI is InChI=1S/C17H20N2O5S2/c20-17(19-6-1-2-14(19)13-5-11-25-12-13)15-3-4-16(24-15)26(21,22)18-7-9-23-10-8-18/h3-5,11-12,14H,1-2,6-10H2/t14-/m0/s1. The van der Waals surface area contributed by atoms with Crippen LogP contribution in [0.4, 0.5) is 0 Å². The lowest BCUT2D eigenvalue weighted by Crippen LogP contribution is -2.40. The zero-order valence-electron chi connectivity index (χ0n) is 14.2. The van der Waals surface area contributed by atoms with E-state index >= 15 is 0 Å². The molecule has 0 aliphatic carbocycles. The smallest absolute Gasteiger partial charge is 0.290 e. The molecule has 0 saturated carbocycles. The highest BCUT2D eigenvalue weighted by molar-refractivity contribution is 7.89. The fourth-order valence-corrected chi connectivity index (χ4v) is 5.48. The molecule has 0 spiro atoms. The first-order valence-electron chi connectivity index (χ1n) is 8.58. The van der Waals surface area contributed by atoms with Gasteiger partial charge in [0.2, 0.25) is 5.09 Å². The van der Waals surface area contributed by atoms with E-state index in [9.17, 15) is 13.2 Å². The van der Waals surface area contributed by atoms with Crippen LogP contribution in [0.5, 0.6) is 0 Å². The fourth-order valence-electron chi connectivity index (χ4n) is 3.45. The van der Waals surface area contributed by atoms with Crippen LogP contribution in [-0.2, 0) is 14.8 Å². The minimum absolute atomic E-state index is 0.0261. The van der Waals surface area contributed by atoms with Gasteiger partial charge in [0.15, 0.2) is 5.76 Å². The number of sulfonamides is 1. The average molecular weight is 396 g/mol. The van der Waals surface area contributed by atoms with Crippen LogP contribution in [0.2, 0.25) is 0 Å². The largest absolute Gasteiger partial charge is 0.438 e. The van der Waals surface area contributed by atoms with Gasteiger partial charge in [-0.05, 0) is 47.4 Å². The first-order chi connectivity index (χ1) is 12.6. The summed E-state index contributed by atoms with van der Waals surface area (Å²) in [6.45, 7) is 1.95. The number of carbonyl (C=O) groups excluding carboxylic acids is 1. The molecule has 4 heterocycles. The monoisotopic (exact) mass is 396 g/mol. The van der Waals surface area contributed by atoms with E-state index < -0.39 is 10.0 Å². The highest BCUT2D eigenvalue weighted by Gasteiger charge is 2.34. The molecule has 0 radical (unpaired) electrons. The number of furan rings is 1. The Kier molecular flexibility index (Phi) is 4.87. The predicted molar refractivity (Wildman–Crippen MR) is 95.6 cm³/mol. The fraction of sp³-hybridized carbons (Fsp3) is 0.471. The molecule has 2 aromatic rings. The number of hydrogen-bond donors (Lipinski definition) is 0. The Bertz CT molecular complexity index is 869. The van der Waals surface area contributed by atoms with Crippen LogP contribution >= 0.6 is 11.3 Å². The molecule has 2 aliphatic rings. The van der Waals surface area contributed by atoms with Crippen LogP contribution in [-0.4, -0.2) is 56.4 Å². The van der Waals surface area contributed by atoms with Gasteiger partial charge in [-0.25, -0.2) is 8.42 Å². The van der Waals surface area contributed by atoms with Crippen LogP contribution in [0.25, 0.3) is 0 Å². The van der Waals surface area contributed by atoms with E-state index in [0.29, 0.717) is 32.8 Å². The molecule has 26 heavy (non-hydrogen) atoms. The van der Waals surface area contributed by atoms with Crippen molar-refractivity contribution in [2.24, 2.45) is 0 Å². The molecule has 9 heteroatoms. The van der Waals surface area contributed by atoms with E-state index in [1.54, 1.807) is 16.2 Å². The normalized spacial score (nSPS) is 22.0. The third-order valence-electron chi connectivity index (χ3n) is 4.80. The van der Waals surface area contributed by atoms with Gasteiger partial charge < -0.3 is 14.1 Å². The maximum atomic E-state index is 12.9. The van der Waals surface area contributed by atoms with Crippen molar-refractivity contribution in [3.63, 3.8) is 0 Å². The Hall–Kier alpha value is -1.68. The Labute approximate surface area is 156 Å². The van der Waals surface area contributed by atoms with Crippen molar-refractivity contribution in [3.05, 3.63) is 40.3 Å². The summed E-state index contributed by atoms with van der Waals surface area (Å²) in [4.78, 5) is 14.6.